The quantitative estimate of drug-likeness (QED) is 0.449. The fourth-order valence-corrected chi connectivity index (χ4v) is 3.98. The van der Waals surface area contributed by atoms with Gasteiger partial charge in [-0.1, -0.05) is 43.6 Å². The summed E-state index contributed by atoms with van der Waals surface area (Å²) in [6.45, 7) is 5.65. The van der Waals surface area contributed by atoms with Gasteiger partial charge in [0, 0.05) is 22.3 Å². The number of hydrogen-bond donors (Lipinski definition) is 3. The average molecular weight is 467 g/mol. The van der Waals surface area contributed by atoms with Gasteiger partial charge in [-0.2, -0.15) is 5.26 Å². The summed E-state index contributed by atoms with van der Waals surface area (Å²) in [4.78, 5) is 27.7. The molecule has 0 aliphatic carbocycles. The molecule has 1 unspecified atom stereocenters. The van der Waals surface area contributed by atoms with Crippen molar-refractivity contribution in [2.24, 2.45) is 5.73 Å². The average Bonchev–Trinajstić information content (AvgIpc) is 3.16. The number of aromatic nitrogens is 1. The van der Waals surface area contributed by atoms with Crippen molar-refractivity contribution in [3.05, 3.63) is 81.4 Å². The molecule has 0 saturated carbocycles. The minimum absolute atomic E-state index is 0.0636. The highest BCUT2D eigenvalue weighted by atomic mass is 35.5. The number of aromatic amines is 1. The van der Waals surface area contributed by atoms with Crippen molar-refractivity contribution < 1.29 is 14.0 Å². The Labute approximate surface area is 196 Å². The second kappa shape index (κ2) is 9.88. The van der Waals surface area contributed by atoms with E-state index >= 15 is 4.39 Å². The lowest BCUT2D eigenvalue weighted by Crippen LogP contribution is -2.32. The molecule has 4 N–H and O–H groups in total. The number of halogens is 2. The molecule has 0 aliphatic heterocycles. The lowest BCUT2D eigenvalue weighted by Gasteiger charge is -2.19. The van der Waals surface area contributed by atoms with Gasteiger partial charge in [0.1, 0.15) is 17.6 Å². The molecule has 2 aromatic carbocycles. The maximum absolute atomic E-state index is 15.2. The first-order valence-corrected chi connectivity index (χ1v) is 10.8. The summed E-state index contributed by atoms with van der Waals surface area (Å²) < 4.78 is 15.2. The number of primary amides is 1. The van der Waals surface area contributed by atoms with Crippen LogP contribution in [-0.4, -0.2) is 16.8 Å². The number of nitrogens with zero attached hydrogens (tertiary/aromatic N) is 1. The number of nitrogens with one attached hydrogen (secondary N) is 2. The molecule has 33 heavy (non-hydrogen) atoms. The Morgan fingerprint density at radius 1 is 1.21 bits per heavy atom. The molecule has 170 valence electrons. The SMILES string of the molecule is Cc1cc(C(C)C)cc(F)c1-c1c(C(=O)NC(CC(N)=O)c2cccc(Cl)c2)c[nH]c1C#N. The molecule has 3 aromatic rings. The summed E-state index contributed by atoms with van der Waals surface area (Å²) in [7, 11) is 0. The minimum atomic E-state index is -0.753. The van der Waals surface area contributed by atoms with Gasteiger partial charge in [-0.15, -0.1) is 0 Å². The molecule has 6 nitrogen and oxygen atoms in total. The van der Waals surface area contributed by atoms with E-state index in [1.165, 1.54) is 12.3 Å². The molecule has 2 amide bonds. The summed E-state index contributed by atoms with van der Waals surface area (Å²) in [5.41, 5.74) is 7.90. The van der Waals surface area contributed by atoms with E-state index in [1.807, 2.05) is 26.0 Å². The Bertz CT molecular complexity index is 1240. The predicted molar refractivity (Wildman–Crippen MR) is 125 cm³/mol. The van der Waals surface area contributed by atoms with E-state index in [4.69, 9.17) is 17.3 Å². The van der Waals surface area contributed by atoms with Gasteiger partial charge >= 0.3 is 0 Å². The zero-order valence-corrected chi connectivity index (χ0v) is 19.3. The van der Waals surface area contributed by atoms with Crippen LogP contribution >= 0.6 is 11.6 Å². The molecule has 1 heterocycles. The monoisotopic (exact) mass is 466 g/mol. The highest BCUT2D eigenvalue weighted by Crippen LogP contribution is 2.35. The smallest absolute Gasteiger partial charge is 0.253 e. The van der Waals surface area contributed by atoms with Crippen LogP contribution in [0.4, 0.5) is 4.39 Å². The molecule has 1 aromatic heterocycles. The Hall–Kier alpha value is -3.63. The van der Waals surface area contributed by atoms with Crippen LogP contribution < -0.4 is 11.1 Å². The van der Waals surface area contributed by atoms with Gasteiger partial charge in [0.2, 0.25) is 5.91 Å². The van der Waals surface area contributed by atoms with Crippen molar-refractivity contribution in [3.8, 4) is 17.2 Å². The van der Waals surface area contributed by atoms with E-state index < -0.39 is 23.7 Å². The number of H-pyrrole nitrogens is 1. The molecule has 1 atom stereocenters. The summed E-state index contributed by atoms with van der Waals surface area (Å²) in [5.74, 6) is -1.60. The molecule has 0 bridgehead atoms. The van der Waals surface area contributed by atoms with Gasteiger partial charge in [0.05, 0.1) is 18.0 Å². The van der Waals surface area contributed by atoms with Crippen LogP contribution in [0.15, 0.2) is 42.6 Å². The molecule has 0 radical (unpaired) electrons. The third-order valence-corrected chi connectivity index (χ3v) is 5.66. The van der Waals surface area contributed by atoms with Crippen LogP contribution in [0.25, 0.3) is 11.1 Å². The predicted octanol–water partition coefficient (Wildman–Crippen LogP) is 5.12. The van der Waals surface area contributed by atoms with Crippen molar-refractivity contribution in [1.29, 1.82) is 5.26 Å². The number of nitriles is 1. The lowest BCUT2D eigenvalue weighted by atomic mass is 9.91. The van der Waals surface area contributed by atoms with E-state index in [0.29, 0.717) is 16.1 Å². The summed E-state index contributed by atoms with van der Waals surface area (Å²) in [5, 5.41) is 12.8. The molecule has 8 heteroatoms. The van der Waals surface area contributed by atoms with Crippen molar-refractivity contribution in [2.75, 3.05) is 0 Å². The van der Waals surface area contributed by atoms with E-state index in [1.54, 1.807) is 31.2 Å². The van der Waals surface area contributed by atoms with E-state index in [-0.39, 0.29) is 34.7 Å². The minimum Gasteiger partial charge on any atom is -0.370 e. The summed E-state index contributed by atoms with van der Waals surface area (Å²) in [6.07, 6.45) is 1.20. The van der Waals surface area contributed by atoms with Crippen LogP contribution in [0, 0.1) is 24.1 Å². The number of nitrogens with two attached hydrogens (primary N) is 1. The van der Waals surface area contributed by atoms with Crippen molar-refractivity contribution in [3.63, 3.8) is 0 Å². The number of hydrogen-bond acceptors (Lipinski definition) is 3. The second-order valence-corrected chi connectivity index (χ2v) is 8.60. The standard InChI is InChI=1S/C25H24ClFN4O2/c1-13(2)16-7-14(3)23(19(27)9-16)24-18(12-30-21(24)11-28)25(33)31-20(10-22(29)32)15-5-4-6-17(26)8-15/h4-9,12-13,20,30H,10H2,1-3H3,(H2,29,32)(H,31,33). The highest BCUT2D eigenvalue weighted by molar-refractivity contribution is 6.30. The molecular weight excluding hydrogens is 443 g/mol. The number of carbonyl (C=O) groups is 2. The zero-order valence-electron chi connectivity index (χ0n) is 18.5. The number of carbonyl (C=O) groups excluding carboxylic acids is 2. The highest BCUT2D eigenvalue weighted by Gasteiger charge is 2.26. The van der Waals surface area contributed by atoms with E-state index in [2.05, 4.69) is 10.3 Å². The fourth-order valence-electron chi connectivity index (χ4n) is 3.78. The first kappa shape index (κ1) is 24.0. The first-order valence-electron chi connectivity index (χ1n) is 10.4. The van der Waals surface area contributed by atoms with Crippen molar-refractivity contribution >= 4 is 23.4 Å². The molecule has 0 saturated heterocycles. The second-order valence-electron chi connectivity index (χ2n) is 8.16. The van der Waals surface area contributed by atoms with Crippen LogP contribution in [0.2, 0.25) is 5.02 Å². The van der Waals surface area contributed by atoms with Crippen LogP contribution in [0.1, 0.15) is 65.0 Å². The third-order valence-electron chi connectivity index (χ3n) is 5.42. The molecule has 0 aliphatic rings. The molecule has 3 rings (SSSR count). The molecular formula is C25H24ClFN4O2. The van der Waals surface area contributed by atoms with Crippen molar-refractivity contribution in [2.45, 2.75) is 39.2 Å². The van der Waals surface area contributed by atoms with Gasteiger partial charge in [-0.3, -0.25) is 9.59 Å². The van der Waals surface area contributed by atoms with Gasteiger partial charge in [-0.25, -0.2) is 4.39 Å². The third kappa shape index (κ3) is 5.24. The fraction of sp³-hybridized carbons (Fsp3) is 0.240. The number of rotatable bonds is 7. The van der Waals surface area contributed by atoms with Gasteiger partial charge in [0.15, 0.2) is 0 Å². The maximum atomic E-state index is 15.2. The van der Waals surface area contributed by atoms with Gasteiger partial charge in [-0.05, 0) is 47.7 Å². The van der Waals surface area contributed by atoms with Gasteiger partial charge < -0.3 is 16.0 Å². The molecule has 0 fully saturated rings. The number of amides is 2. The number of benzene rings is 2. The van der Waals surface area contributed by atoms with E-state index in [0.717, 1.165) is 5.56 Å². The van der Waals surface area contributed by atoms with Crippen LogP contribution in [0.3, 0.4) is 0 Å². The Morgan fingerprint density at radius 2 is 1.94 bits per heavy atom. The topological polar surface area (TPSA) is 112 Å². The van der Waals surface area contributed by atoms with Crippen LogP contribution in [0.5, 0.6) is 0 Å². The van der Waals surface area contributed by atoms with Crippen LogP contribution in [-0.2, 0) is 4.79 Å². The molecule has 0 spiro atoms. The largest absolute Gasteiger partial charge is 0.370 e. The maximum Gasteiger partial charge on any atom is 0.253 e. The first-order chi connectivity index (χ1) is 15.6. The number of aryl methyl sites for hydroxylation is 1. The Morgan fingerprint density at radius 3 is 2.52 bits per heavy atom. The Kier molecular flexibility index (Phi) is 7.19. The zero-order chi connectivity index (χ0) is 24.3. The van der Waals surface area contributed by atoms with E-state index in [9.17, 15) is 14.9 Å². The summed E-state index contributed by atoms with van der Waals surface area (Å²) in [6, 6.07) is 11.2. The van der Waals surface area contributed by atoms with Gasteiger partial charge in [0.25, 0.3) is 5.91 Å². The summed E-state index contributed by atoms with van der Waals surface area (Å²) >= 11 is 6.06. The lowest BCUT2D eigenvalue weighted by molar-refractivity contribution is -0.118. The van der Waals surface area contributed by atoms with Crippen molar-refractivity contribution in [1.82, 2.24) is 10.3 Å². The normalized spacial score (nSPS) is 11.8. The Balaban J connectivity index is 2.06.